The maximum Gasteiger partial charge on any atom is 0.309 e. The maximum absolute atomic E-state index is 12.9. The Morgan fingerprint density at radius 3 is 2.69 bits per heavy atom. The second-order valence-corrected chi connectivity index (χ2v) is 6.94. The van der Waals surface area contributed by atoms with Gasteiger partial charge in [0.15, 0.2) is 0 Å². The van der Waals surface area contributed by atoms with E-state index < -0.39 is 0 Å². The highest BCUT2D eigenvalue weighted by Gasteiger charge is 2.33. The normalized spacial score (nSPS) is 21.5. The van der Waals surface area contributed by atoms with E-state index in [2.05, 4.69) is 15.1 Å². The standard InChI is InChI=1S/C18H26N4O4/c1-2-26-18(25)13-5-8-21(9-6-13)17(24)14-4-3-7-22(12-14)15-10-16(23)20-19-11-15/h10-11,13-14H,2-9,12H2,1H3,(H,20,23)/t14-/m0/s1. The highest BCUT2D eigenvalue weighted by atomic mass is 16.5. The molecule has 0 bridgehead atoms. The summed E-state index contributed by atoms with van der Waals surface area (Å²) in [6.07, 6.45) is 4.71. The minimum absolute atomic E-state index is 0.0813. The summed E-state index contributed by atoms with van der Waals surface area (Å²) in [5.41, 5.74) is 0.518. The molecule has 1 aromatic rings. The highest BCUT2D eigenvalue weighted by Crippen LogP contribution is 2.26. The fourth-order valence-corrected chi connectivity index (χ4v) is 3.81. The van der Waals surface area contributed by atoms with Crippen LogP contribution >= 0.6 is 0 Å². The van der Waals surface area contributed by atoms with E-state index in [4.69, 9.17) is 4.74 Å². The third-order valence-electron chi connectivity index (χ3n) is 5.21. The van der Waals surface area contributed by atoms with Gasteiger partial charge in [-0.25, -0.2) is 5.10 Å². The fraction of sp³-hybridized carbons (Fsp3) is 0.667. The van der Waals surface area contributed by atoms with Crippen LogP contribution in [0.5, 0.6) is 0 Å². The Kier molecular flexibility index (Phi) is 5.90. The summed E-state index contributed by atoms with van der Waals surface area (Å²) in [6.45, 7) is 4.83. The Balaban J connectivity index is 1.56. The Morgan fingerprint density at radius 1 is 1.23 bits per heavy atom. The SMILES string of the molecule is CCOC(=O)C1CCN(C(=O)[C@H]2CCCN(c3cn[nH]c(=O)c3)C2)CC1. The van der Waals surface area contributed by atoms with Gasteiger partial charge in [0.1, 0.15) is 0 Å². The molecule has 3 rings (SSSR count). The molecule has 0 spiro atoms. The molecule has 8 heteroatoms. The van der Waals surface area contributed by atoms with Crippen molar-refractivity contribution in [2.24, 2.45) is 11.8 Å². The van der Waals surface area contributed by atoms with E-state index in [0.29, 0.717) is 39.1 Å². The van der Waals surface area contributed by atoms with Crippen LogP contribution in [0.3, 0.4) is 0 Å². The molecule has 1 N–H and O–H groups in total. The number of ether oxygens (including phenoxy) is 1. The van der Waals surface area contributed by atoms with Gasteiger partial charge in [0.05, 0.1) is 30.3 Å². The predicted molar refractivity (Wildman–Crippen MR) is 95.7 cm³/mol. The van der Waals surface area contributed by atoms with E-state index in [0.717, 1.165) is 25.1 Å². The molecule has 0 unspecified atom stereocenters. The first-order valence-corrected chi connectivity index (χ1v) is 9.33. The van der Waals surface area contributed by atoms with Crippen LogP contribution in [0, 0.1) is 11.8 Å². The second kappa shape index (κ2) is 8.33. The number of amides is 1. The summed E-state index contributed by atoms with van der Waals surface area (Å²) in [7, 11) is 0. The third-order valence-corrected chi connectivity index (χ3v) is 5.21. The number of esters is 1. The van der Waals surface area contributed by atoms with Gasteiger partial charge in [-0.2, -0.15) is 5.10 Å². The third kappa shape index (κ3) is 4.23. The summed E-state index contributed by atoms with van der Waals surface area (Å²) in [4.78, 5) is 40.1. The summed E-state index contributed by atoms with van der Waals surface area (Å²) >= 11 is 0. The zero-order valence-corrected chi connectivity index (χ0v) is 15.1. The number of carbonyl (C=O) groups excluding carboxylic acids is 2. The molecule has 0 aromatic carbocycles. The molecule has 0 radical (unpaired) electrons. The van der Waals surface area contributed by atoms with Crippen molar-refractivity contribution in [2.45, 2.75) is 32.6 Å². The Bertz CT molecular complexity index is 696. The van der Waals surface area contributed by atoms with Gasteiger partial charge in [0, 0.05) is 32.2 Å². The Morgan fingerprint density at radius 2 is 2.00 bits per heavy atom. The topological polar surface area (TPSA) is 95.6 Å². The van der Waals surface area contributed by atoms with Crippen molar-refractivity contribution < 1.29 is 14.3 Å². The number of hydrogen-bond acceptors (Lipinski definition) is 6. The molecule has 0 saturated carbocycles. The molecular formula is C18H26N4O4. The minimum Gasteiger partial charge on any atom is -0.466 e. The van der Waals surface area contributed by atoms with Gasteiger partial charge in [0.2, 0.25) is 5.91 Å². The fourth-order valence-electron chi connectivity index (χ4n) is 3.81. The van der Waals surface area contributed by atoms with Crippen molar-refractivity contribution in [2.75, 3.05) is 37.7 Å². The second-order valence-electron chi connectivity index (χ2n) is 6.94. The van der Waals surface area contributed by atoms with E-state index in [1.807, 2.05) is 11.8 Å². The van der Waals surface area contributed by atoms with Crippen LogP contribution in [-0.2, 0) is 14.3 Å². The van der Waals surface area contributed by atoms with Crippen LogP contribution in [-0.4, -0.2) is 59.8 Å². The van der Waals surface area contributed by atoms with Gasteiger partial charge in [-0.05, 0) is 32.6 Å². The Hall–Kier alpha value is -2.38. The van der Waals surface area contributed by atoms with Gasteiger partial charge >= 0.3 is 5.97 Å². The van der Waals surface area contributed by atoms with Crippen molar-refractivity contribution in [1.29, 1.82) is 0 Å². The summed E-state index contributed by atoms with van der Waals surface area (Å²) in [5.74, 6) is -0.175. The quantitative estimate of drug-likeness (QED) is 0.796. The lowest BCUT2D eigenvalue weighted by molar-refractivity contribution is -0.151. The van der Waals surface area contributed by atoms with E-state index in [-0.39, 0.29) is 29.3 Å². The molecule has 2 saturated heterocycles. The first-order chi connectivity index (χ1) is 12.6. The van der Waals surface area contributed by atoms with E-state index in [1.54, 1.807) is 6.20 Å². The molecule has 1 amide bonds. The molecule has 2 fully saturated rings. The zero-order chi connectivity index (χ0) is 18.5. The van der Waals surface area contributed by atoms with Gasteiger partial charge in [-0.3, -0.25) is 14.4 Å². The van der Waals surface area contributed by atoms with Crippen LogP contribution < -0.4 is 10.5 Å². The first kappa shape index (κ1) is 18.4. The molecule has 2 aliphatic rings. The number of anilines is 1. The molecule has 1 atom stereocenters. The lowest BCUT2D eigenvalue weighted by Gasteiger charge is -2.38. The monoisotopic (exact) mass is 362 g/mol. The molecule has 8 nitrogen and oxygen atoms in total. The number of piperidine rings is 2. The number of aromatic amines is 1. The van der Waals surface area contributed by atoms with Crippen molar-refractivity contribution in [3.63, 3.8) is 0 Å². The number of carbonyl (C=O) groups is 2. The molecule has 142 valence electrons. The van der Waals surface area contributed by atoms with Crippen molar-refractivity contribution in [3.8, 4) is 0 Å². The molecule has 1 aromatic heterocycles. The maximum atomic E-state index is 12.9. The Labute approximate surface area is 152 Å². The van der Waals surface area contributed by atoms with E-state index >= 15 is 0 Å². The number of nitrogens with zero attached hydrogens (tertiary/aromatic N) is 3. The van der Waals surface area contributed by atoms with Crippen LogP contribution in [0.25, 0.3) is 0 Å². The largest absolute Gasteiger partial charge is 0.466 e. The first-order valence-electron chi connectivity index (χ1n) is 9.33. The number of likely N-dealkylation sites (tertiary alicyclic amines) is 1. The van der Waals surface area contributed by atoms with Crippen molar-refractivity contribution in [3.05, 3.63) is 22.6 Å². The van der Waals surface area contributed by atoms with E-state index in [1.165, 1.54) is 6.07 Å². The predicted octanol–water partition coefficient (Wildman–Crippen LogP) is 0.788. The lowest BCUT2D eigenvalue weighted by atomic mass is 9.92. The average Bonchev–Trinajstić information content (AvgIpc) is 2.68. The average molecular weight is 362 g/mol. The van der Waals surface area contributed by atoms with Gasteiger partial charge in [-0.1, -0.05) is 0 Å². The van der Waals surface area contributed by atoms with E-state index in [9.17, 15) is 14.4 Å². The summed E-state index contributed by atoms with van der Waals surface area (Å²) in [5, 5.41) is 6.21. The summed E-state index contributed by atoms with van der Waals surface area (Å²) < 4.78 is 5.08. The molecule has 2 aliphatic heterocycles. The number of nitrogens with one attached hydrogen (secondary N) is 1. The minimum atomic E-state index is -0.239. The van der Waals surface area contributed by atoms with Crippen LogP contribution in [0.15, 0.2) is 17.1 Å². The molecule has 26 heavy (non-hydrogen) atoms. The molecule has 0 aliphatic carbocycles. The number of hydrogen-bond donors (Lipinski definition) is 1. The number of aromatic nitrogens is 2. The highest BCUT2D eigenvalue weighted by molar-refractivity contribution is 5.80. The van der Waals surface area contributed by atoms with Crippen LogP contribution in [0.4, 0.5) is 5.69 Å². The smallest absolute Gasteiger partial charge is 0.309 e. The number of rotatable bonds is 4. The van der Waals surface area contributed by atoms with Gasteiger partial charge in [-0.15, -0.1) is 0 Å². The zero-order valence-electron chi connectivity index (χ0n) is 15.1. The van der Waals surface area contributed by atoms with Gasteiger partial charge in [0.25, 0.3) is 5.56 Å². The molecular weight excluding hydrogens is 336 g/mol. The van der Waals surface area contributed by atoms with Crippen LogP contribution in [0.2, 0.25) is 0 Å². The summed E-state index contributed by atoms with van der Waals surface area (Å²) in [6, 6.07) is 1.52. The van der Waals surface area contributed by atoms with Crippen molar-refractivity contribution >= 4 is 17.6 Å². The lowest BCUT2D eigenvalue weighted by Crippen LogP contribution is -2.48. The van der Waals surface area contributed by atoms with Crippen LogP contribution in [0.1, 0.15) is 32.6 Å². The van der Waals surface area contributed by atoms with Gasteiger partial charge < -0.3 is 14.5 Å². The number of H-pyrrole nitrogens is 1. The van der Waals surface area contributed by atoms with Crippen molar-refractivity contribution in [1.82, 2.24) is 15.1 Å². The molecule has 3 heterocycles.